The summed E-state index contributed by atoms with van der Waals surface area (Å²) in [6.45, 7) is 8.46. The van der Waals surface area contributed by atoms with Gasteiger partial charge in [0.2, 0.25) is 0 Å². The number of rotatable bonds is 7. The molecule has 208 valence electrons. The number of aliphatic hydroxyl groups is 4. The molecule has 0 radical (unpaired) electrons. The second-order valence-corrected chi connectivity index (χ2v) is 14.1. The first-order valence-corrected chi connectivity index (χ1v) is 15.1. The summed E-state index contributed by atoms with van der Waals surface area (Å²) < 4.78 is 34.7. The third kappa shape index (κ3) is 4.82. The Balaban J connectivity index is 1.49. The lowest BCUT2D eigenvalue weighted by molar-refractivity contribution is -0.268. The first-order valence-electron chi connectivity index (χ1n) is 13.7. The number of hydrogen-bond donors (Lipinski definition) is 5. The molecule has 0 aromatic rings. The molecule has 4 fully saturated rings. The number of aliphatic hydroxyl groups excluding tert-OH is 3. The summed E-state index contributed by atoms with van der Waals surface area (Å²) in [6.07, 6.45) is 7.34. The predicted molar refractivity (Wildman–Crippen MR) is 135 cm³/mol. The van der Waals surface area contributed by atoms with Gasteiger partial charge in [-0.05, 0) is 85.9 Å². The Labute approximate surface area is 216 Å². The average Bonchev–Trinajstić information content (AvgIpc) is 3.04. The second-order valence-electron chi connectivity index (χ2n) is 13.0. The Morgan fingerprint density at radius 2 is 1.75 bits per heavy atom. The molecule has 0 amide bonds. The van der Waals surface area contributed by atoms with Gasteiger partial charge in [0.15, 0.2) is 0 Å². The van der Waals surface area contributed by atoms with Crippen LogP contribution < -0.4 is 0 Å². The van der Waals surface area contributed by atoms with Crippen LogP contribution in [-0.2, 0) is 14.6 Å². The van der Waals surface area contributed by atoms with E-state index >= 15 is 0 Å². The molecule has 0 aliphatic heterocycles. The molecule has 4 aliphatic rings. The zero-order valence-electron chi connectivity index (χ0n) is 22.1. The van der Waals surface area contributed by atoms with E-state index in [4.69, 9.17) is 4.55 Å². The minimum atomic E-state index is -4.42. The van der Waals surface area contributed by atoms with Gasteiger partial charge < -0.3 is 20.4 Å². The molecule has 0 bridgehead atoms. The molecule has 4 aliphatic carbocycles. The summed E-state index contributed by atoms with van der Waals surface area (Å²) in [5.74, 6) is 0.954. The minimum Gasteiger partial charge on any atom is -0.393 e. The molecule has 8 nitrogen and oxygen atoms in total. The highest BCUT2D eigenvalue weighted by atomic mass is 32.3. The lowest BCUT2D eigenvalue weighted by atomic mass is 9.42. The summed E-state index contributed by atoms with van der Waals surface area (Å²) in [5, 5.41) is 44.5. The summed E-state index contributed by atoms with van der Waals surface area (Å²) in [7, 11) is -4.42. The molecule has 0 aromatic heterocycles. The van der Waals surface area contributed by atoms with Gasteiger partial charge in [0.1, 0.15) is 0 Å². The number of fused-ring (bicyclic) bond motifs is 5. The van der Waals surface area contributed by atoms with Crippen molar-refractivity contribution in [1.29, 1.82) is 0 Å². The summed E-state index contributed by atoms with van der Waals surface area (Å²) in [5.41, 5.74) is -1.84. The van der Waals surface area contributed by atoms with Crippen molar-refractivity contribution in [3.05, 3.63) is 12.2 Å². The van der Waals surface area contributed by atoms with E-state index in [2.05, 4.69) is 37.1 Å². The van der Waals surface area contributed by atoms with Crippen LogP contribution in [0.15, 0.2) is 12.2 Å². The van der Waals surface area contributed by atoms with Crippen molar-refractivity contribution in [2.24, 2.45) is 46.3 Å². The fourth-order valence-electron chi connectivity index (χ4n) is 9.12. The third-order valence-electron chi connectivity index (χ3n) is 11.1. The smallest absolute Gasteiger partial charge is 0.393 e. The Kier molecular flexibility index (Phi) is 7.81. The molecule has 0 spiro atoms. The molecule has 4 saturated carbocycles. The van der Waals surface area contributed by atoms with Crippen LogP contribution >= 0.6 is 0 Å². The van der Waals surface area contributed by atoms with Crippen LogP contribution in [0.1, 0.15) is 79.1 Å². The zero-order chi connectivity index (χ0) is 26.7. The van der Waals surface area contributed by atoms with Crippen molar-refractivity contribution in [3.8, 4) is 0 Å². The molecule has 36 heavy (non-hydrogen) atoms. The van der Waals surface area contributed by atoms with E-state index in [1.807, 2.05) is 6.92 Å². The van der Waals surface area contributed by atoms with Gasteiger partial charge in [-0.15, -0.1) is 0 Å². The van der Waals surface area contributed by atoms with Crippen LogP contribution in [0.5, 0.6) is 0 Å². The van der Waals surface area contributed by atoms with Gasteiger partial charge in [0.05, 0.1) is 30.5 Å². The van der Waals surface area contributed by atoms with Gasteiger partial charge in [0, 0.05) is 11.8 Å². The highest BCUT2D eigenvalue weighted by molar-refractivity contribution is 7.80. The Hall–Kier alpha value is -0.550. The Morgan fingerprint density at radius 1 is 1.06 bits per heavy atom. The lowest BCUT2D eigenvalue weighted by Gasteiger charge is -2.65. The van der Waals surface area contributed by atoms with E-state index < -0.39 is 39.7 Å². The Morgan fingerprint density at radius 3 is 2.42 bits per heavy atom. The van der Waals surface area contributed by atoms with E-state index in [9.17, 15) is 28.8 Å². The molecular weight excluding hydrogens is 484 g/mol. The van der Waals surface area contributed by atoms with E-state index in [0.29, 0.717) is 32.1 Å². The lowest BCUT2D eigenvalue weighted by Crippen LogP contribution is -2.69. The van der Waals surface area contributed by atoms with Crippen molar-refractivity contribution < 1.29 is 37.6 Å². The van der Waals surface area contributed by atoms with Crippen molar-refractivity contribution in [3.63, 3.8) is 0 Å². The van der Waals surface area contributed by atoms with Gasteiger partial charge in [-0.25, -0.2) is 4.18 Å². The summed E-state index contributed by atoms with van der Waals surface area (Å²) >= 11 is 0. The molecule has 1 unspecified atom stereocenters. The number of allylic oxidation sites excluding steroid dienone is 2. The molecule has 0 saturated heterocycles. The molecule has 5 N–H and O–H groups in total. The molecule has 9 heteroatoms. The van der Waals surface area contributed by atoms with Crippen LogP contribution in [-0.4, -0.2) is 63.9 Å². The van der Waals surface area contributed by atoms with Gasteiger partial charge in [-0.1, -0.05) is 39.8 Å². The van der Waals surface area contributed by atoms with Gasteiger partial charge in [0.25, 0.3) is 0 Å². The van der Waals surface area contributed by atoms with Crippen molar-refractivity contribution in [2.45, 2.75) is 103 Å². The van der Waals surface area contributed by atoms with E-state index in [0.717, 1.165) is 12.8 Å². The zero-order valence-corrected chi connectivity index (χ0v) is 22.9. The van der Waals surface area contributed by atoms with E-state index in [1.165, 1.54) is 0 Å². The minimum absolute atomic E-state index is 0.0561. The van der Waals surface area contributed by atoms with Gasteiger partial charge in [-0.2, -0.15) is 8.42 Å². The summed E-state index contributed by atoms with van der Waals surface area (Å²) in [6, 6.07) is 0. The Bertz CT molecular complexity index is 938. The highest BCUT2D eigenvalue weighted by Gasteiger charge is 2.68. The van der Waals surface area contributed by atoms with E-state index in [-0.39, 0.29) is 54.0 Å². The van der Waals surface area contributed by atoms with Gasteiger partial charge in [-0.3, -0.25) is 4.55 Å². The van der Waals surface area contributed by atoms with Crippen molar-refractivity contribution in [1.82, 2.24) is 0 Å². The maximum absolute atomic E-state index is 11.6. The van der Waals surface area contributed by atoms with Crippen LogP contribution in [0.3, 0.4) is 0 Å². The van der Waals surface area contributed by atoms with Crippen LogP contribution in [0.2, 0.25) is 0 Å². The molecule has 12 atom stereocenters. The molecule has 4 rings (SSSR count). The topological polar surface area (TPSA) is 145 Å². The van der Waals surface area contributed by atoms with Crippen LogP contribution in [0.4, 0.5) is 0 Å². The molecule has 0 heterocycles. The summed E-state index contributed by atoms with van der Waals surface area (Å²) in [4.78, 5) is 0. The standard InChI is InChI=1S/C27H46O8S/c1-16(9-12-35-36(32,33)34)5-6-17(2)21-14-22(29)24-19-13-23(30)27(31)15-18(28)7-11-26(27,4)20(19)8-10-25(21,24)3/h5-6,16-24,28-31H,7-15H2,1-4H3,(H,32,33,34)/b6-5+/t16?,17-,18+,19-,20+,21-,22+,23-,24-,25-,26-,27+/m1/s1. The van der Waals surface area contributed by atoms with Crippen LogP contribution in [0, 0.1) is 46.3 Å². The molecule has 0 aromatic carbocycles. The maximum atomic E-state index is 11.6. The fraction of sp³-hybridized carbons (Fsp3) is 0.926. The maximum Gasteiger partial charge on any atom is 0.397 e. The molecular formula is C27H46O8S. The quantitative estimate of drug-likeness (QED) is 0.249. The second kappa shape index (κ2) is 9.88. The predicted octanol–water partition coefficient (Wildman–Crippen LogP) is 3.10. The van der Waals surface area contributed by atoms with Crippen molar-refractivity contribution >= 4 is 10.4 Å². The normalized spacial score (nSPS) is 48.8. The first kappa shape index (κ1) is 28.5. The monoisotopic (exact) mass is 530 g/mol. The van der Waals surface area contributed by atoms with Crippen LogP contribution in [0.25, 0.3) is 0 Å². The average molecular weight is 531 g/mol. The van der Waals surface area contributed by atoms with Crippen molar-refractivity contribution in [2.75, 3.05) is 6.61 Å². The first-order chi connectivity index (χ1) is 16.6. The highest BCUT2D eigenvalue weighted by Crippen LogP contribution is 2.69. The largest absolute Gasteiger partial charge is 0.397 e. The number of hydrogen-bond acceptors (Lipinski definition) is 7. The third-order valence-corrected chi connectivity index (χ3v) is 11.5. The van der Waals surface area contributed by atoms with Gasteiger partial charge >= 0.3 is 10.4 Å². The van der Waals surface area contributed by atoms with E-state index in [1.54, 1.807) is 0 Å². The SMILES string of the molecule is CC(/C=C/[C@@H](C)[C@H]1C[C@H](O)[C@H]2[C@@H]3C[C@@H](O)[C@@]4(O)C[C@@H](O)CC[C@]4(C)[C@H]3CC[C@@]21C)CCOS(=O)(=O)O. The fourth-order valence-corrected chi connectivity index (χ4v) is 9.43.